The van der Waals surface area contributed by atoms with E-state index in [1.165, 1.54) is 44.1 Å². The molecular weight excluding hydrogens is 220 g/mol. The molecule has 0 heterocycles. The average molecular weight is 250 g/mol. The molecular formula is C16H30N2. The molecule has 0 aromatic carbocycles. The molecule has 0 aliphatic heterocycles. The van der Waals surface area contributed by atoms with Gasteiger partial charge in [0.2, 0.25) is 0 Å². The number of nitrogens with one attached hydrogen (secondary N) is 1. The van der Waals surface area contributed by atoms with Gasteiger partial charge in [0, 0.05) is 25.2 Å². The van der Waals surface area contributed by atoms with Crippen LogP contribution in [0.15, 0.2) is 12.2 Å². The lowest BCUT2D eigenvalue weighted by molar-refractivity contribution is 0.134. The van der Waals surface area contributed by atoms with Crippen LogP contribution in [-0.2, 0) is 0 Å². The smallest absolute Gasteiger partial charge is 0.0202 e. The van der Waals surface area contributed by atoms with Gasteiger partial charge in [-0.15, -0.1) is 0 Å². The van der Waals surface area contributed by atoms with E-state index < -0.39 is 0 Å². The van der Waals surface area contributed by atoms with Crippen LogP contribution in [-0.4, -0.2) is 37.1 Å². The van der Waals surface area contributed by atoms with Crippen LogP contribution < -0.4 is 5.32 Å². The van der Waals surface area contributed by atoms with E-state index in [2.05, 4.69) is 37.7 Å². The molecule has 2 rings (SSSR count). The summed E-state index contributed by atoms with van der Waals surface area (Å²) in [7, 11) is 2.27. The highest BCUT2D eigenvalue weighted by Crippen LogP contribution is 2.36. The molecule has 0 saturated heterocycles. The van der Waals surface area contributed by atoms with Crippen molar-refractivity contribution in [1.82, 2.24) is 10.2 Å². The SMILES string of the molecule is C=C(CNC1CC1)CN(C)C1CCC(C)(C)CC1. The highest BCUT2D eigenvalue weighted by molar-refractivity contribution is 5.02. The van der Waals surface area contributed by atoms with Crippen molar-refractivity contribution in [1.29, 1.82) is 0 Å². The van der Waals surface area contributed by atoms with E-state index in [9.17, 15) is 0 Å². The Balaban J connectivity index is 1.67. The third-order valence-corrected chi connectivity index (χ3v) is 4.62. The summed E-state index contributed by atoms with van der Waals surface area (Å²) in [5.41, 5.74) is 1.91. The first kappa shape index (κ1) is 14.1. The summed E-state index contributed by atoms with van der Waals surface area (Å²) < 4.78 is 0. The number of likely N-dealkylation sites (N-methyl/N-ethyl adjacent to an activating group) is 1. The molecule has 0 bridgehead atoms. The highest BCUT2D eigenvalue weighted by Gasteiger charge is 2.28. The van der Waals surface area contributed by atoms with E-state index in [0.717, 1.165) is 25.2 Å². The van der Waals surface area contributed by atoms with Gasteiger partial charge in [0.1, 0.15) is 0 Å². The fourth-order valence-electron chi connectivity index (χ4n) is 2.94. The Morgan fingerprint density at radius 2 is 1.83 bits per heavy atom. The van der Waals surface area contributed by atoms with Gasteiger partial charge in [0.15, 0.2) is 0 Å². The second kappa shape index (κ2) is 5.75. The van der Waals surface area contributed by atoms with Crippen LogP contribution in [0.3, 0.4) is 0 Å². The van der Waals surface area contributed by atoms with Crippen LogP contribution in [0, 0.1) is 5.41 Å². The van der Waals surface area contributed by atoms with Crippen LogP contribution >= 0.6 is 0 Å². The normalized spacial score (nSPS) is 24.4. The lowest BCUT2D eigenvalue weighted by Crippen LogP contribution is -2.39. The molecule has 2 aliphatic carbocycles. The number of hydrogen-bond acceptors (Lipinski definition) is 2. The topological polar surface area (TPSA) is 15.3 Å². The Hall–Kier alpha value is -0.340. The Labute approximate surface area is 113 Å². The number of hydrogen-bond donors (Lipinski definition) is 1. The van der Waals surface area contributed by atoms with E-state index in [-0.39, 0.29) is 0 Å². The summed E-state index contributed by atoms with van der Waals surface area (Å²) in [5, 5.41) is 3.55. The maximum absolute atomic E-state index is 4.21. The lowest BCUT2D eigenvalue weighted by atomic mass is 9.75. The third kappa shape index (κ3) is 4.40. The fraction of sp³-hybridized carbons (Fsp3) is 0.875. The molecule has 1 N–H and O–H groups in total. The first-order valence-electron chi connectivity index (χ1n) is 7.56. The third-order valence-electron chi connectivity index (χ3n) is 4.62. The van der Waals surface area contributed by atoms with E-state index in [0.29, 0.717) is 5.41 Å². The lowest BCUT2D eigenvalue weighted by Gasteiger charge is -2.38. The first-order valence-corrected chi connectivity index (χ1v) is 7.56. The summed E-state index contributed by atoms with van der Waals surface area (Å²) >= 11 is 0. The van der Waals surface area contributed by atoms with Crippen LogP contribution in [0.2, 0.25) is 0 Å². The van der Waals surface area contributed by atoms with Crippen molar-refractivity contribution in [2.24, 2.45) is 5.41 Å². The fourth-order valence-corrected chi connectivity index (χ4v) is 2.94. The standard InChI is InChI=1S/C16H30N2/c1-13(11-17-14-5-6-14)12-18(4)15-7-9-16(2,3)10-8-15/h14-15,17H,1,5-12H2,2-4H3. The van der Waals surface area contributed by atoms with E-state index in [1.54, 1.807) is 0 Å². The molecule has 104 valence electrons. The zero-order chi connectivity index (χ0) is 13.2. The molecule has 18 heavy (non-hydrogen) atoms. The molecule has 0 amide bonds. The van der Waals surface area contributed by atoms with Crippen LogP contribution in [0.25, 0.3) is 0 Å². The van der Waals surface area contributed by atoms with Crippen LogP contribution in [0.1, 0.15) is 52.4 Å². The molecule has 2 nitrogen and oxygen atoms in total. The molecule has 0 aromatic heterocycles. The largest absolute Gasteiger partial charge is 0.310 e. The molecule has 0 radical (unpaired) electrons. The average Bonchev–Trinajstić information content (AvgIpc) is 3.09. The van der Waals surface area contributed by atoms with Crippen molar-refractivity contribution in [3.8, 4) is 0 Å². The van der Waals surface area contributed by atoms with Gasteiger partial charge in [-0.3, -0.25) is 4.90 Å². The maximum atomic E-state index is 4.21. The van der Waals surface area contributed by atoms with Gasteiger partial charge in [-0.1, -0.05) is 20.4 Å². The van der Waals surface area contributed by atoms with Crippen molar-refractivity contribution < 1.29 is 0 Å². The molecule has 2 aliphatic rings. The molecule has 2 fully saturated rings. The second-order valence-electron chi connectivity index (χ2n) is 7.22. The van der Waals surface area contributed by atoms with E-state index in [4.69, 9.17) is 0 Å². The Morgan fingerprint density at radius 3 is 2.39 bits per heavy atom. The summed E-state index contributed by atoms with van der Waals surface area (Å²) in [5.74, 6) is 0. The Kier molecular flexibility index (Phi) is 4.50. The highest BCUT2D eigenvalue weighted by atomic mass is 15.1. The summed E-state index contributed by atoms with van der Waals surface area (Å²) in [6.45, 7) is 11.1. The van der Waals surface area contributed by atoms with Gasteiger partial charge in [-0.2, -0.15) is 0 Å². The quantitative estimate of drug-likeness (QED) is 0.728. The van der Waals surface area contributed by atoms with Crippen molar-refractivity contribution in [2.75, 3.05) is 20.1 Å². The van der Waals surface area contributed by atoms with Crippen LogP contribution in [0.5, 0.6) is 0 Å². The van der Waals surface area contributed by atoms with Crippen molar-refractivity contribution in [3.63, 3.8) is 0 Å². The maximum Gasteiger partial charge on any atom is 0.0202 e. The summed E-state index contributed by atoms with van der Waals surface area (Å²) in [6.07, 6.45) is 8.17. The minimum atomic E-state index is 0.571. The van der Waals surface area contributed by atoms with Gasteiger partial charge < -0.3 is 5.32 Å². The number of nitrogens with zero attached hydrogens (tertiary/aromatic N) is 1. The summed E-state index contributed by atoms with van der Waals surface area (Å²) in [4.78, 5) is 2.52. The molecule has 0 aromatic rings. The van der Waals surface area contributed by atoms with Crippen LogP contribution in [0.4, 0.5) is 0 Å². The zero-order valence-corrected chi connectivity index (χ0v) is 12.5. The van der Waals surface area contributed by atoms with Gasteiger partial charge in [0.25, 0.3) is 0 Å². The second-order valence-corrected chi connectivity index (χ2v) is 7.22. The van der Waals surface area contributed by atoms with Gasteiger partial charge in [0.05, 0.1) is 0 Å². The molecule has 0 spiro atoms. The molecule has 2 saturated carbocycles. The summed E-state index contributed by atoms with van der Waals surface area (Å²) in [6, 6.07) is 1.57. The minimum absolute atomic E-state index is 0.571. The monoisotopic (exact) mass is 250 g/mol. The van der Waals surface area contributed by atoms with Crippen molar-refractivity contribution >= 4 is 0 Å². The van der Waals surface area contributed by atoms with E-state index in [1.807, 2.05) is 0 Å². The van der Waals surface area contributed by atoms with Crippen molar-refractivity contribution in [3.05, 3.63) is 12.2 Å². The molecule has 2 heteroatoms. The Bertz CT molecular complexity index is 281. The molecule has 0 atom stereocenters. The van der Waals surface area contributed by atoms with E-state index >= 15 is 0 Å². The minimum Gasteiger partial charge on any atom is -0.310 e. The van der Waals surface area contributed by atoms with Gasteiger partial charge >= 0.3 is 0 Å². The molecule has 0 unspecified atom stereocenters. The first-order chi connectivity index (χ1) is 8.46. The zero-order valence-electron chi connectivity index (χ0n) is 12.5. The van der Waals surface area contributed by atoms with Gasteiger partial charge in [-0.25, -0.2) is 0 Å². The number of rotatable bonds is 6. The van der Waals surface area contributed by atoms with Gasteiger partial charge in [-0.05, 0) is 56.6 Å². The Morgan fingerprint density at radius 1 is 1.22 bits per heavy atom. The predicted octanol–water partition coefficient (Wildman–Crippen LogP) is 3.20. The predicted molar refractivity (Wildman–Crippen MR) is 78.8 cm³/mol. The van der Waals surface area contributed by atoms with Crippen molar-refractivity contribution in [2.45, 2.75) is 64.5 Å².